The van der Waals surface area contributed by atoms with E-state index in [0.717, 1.165) is 11.1 Å². The molecule has 5 N–H and O–H groups in total. The molecule has 2 rings (SSSR count). The fraction of sp³-hybridized carbons (Fsp3) is 0.143. The van der Waals surface area contributed by atoms with E-state index >= 15 is 0 Å². The van der Waals surface area contributed by atoms with Crippen LogP contribution >= 0.6 is 0 Å². The lowest BCUT2D eigenvalue weighted by Crippen LogP contribution is -2.25. The SMILES string of the molecule is NCCOc1ccc(ONN)cc1-c1ccc(F)cc1. The van der Waals surface area contributed by atoms with E-state index in [2.05, 4.69) is 5.59 Å². The van der Waals surface area contributed by atoms with Gasteiger partial charge in [0.1, 0.15) is 23.9 Å². The third-order valence-corrected chi connectivity index (χ3v) is 2.66. The number of benzene rings is 2. The molecule has 6 heteroatoms. The Morgan fingerprint density at radius 1 is 1.10 bits per heavy atom. The van der Waals surface area contributed by atoms with Crippen molar-refractivity contribution in [3.63, 3.8) is 0 Å². The summed E-state index contributed by atoms with van der Waals surface area (Å²) in [4.78, 5) is 5.02. The maximum absolute atomic E-state index is 13.0. The normalized spacial score (nSPS) is 10.3. The van der Waals surface area contributed by atoms with Gasteiger partial charge >= 0.3 is 0 Å². The van der Waals surface area contributed by atoms with Gasteiger partial charge < -0.3 is 15.3 Å². The van der Waals surface area contributed by atoms with Crippen LogP contribution in [-0.4, -0.2) is 13.2 Å². The predicted octanol–water partition coefficient (Wildman–Crippen LogP) is 1.59. The monoisotopic (exact) mass is 277 g/mol. The van der Waals surface area contributed by atoms with E-state index in [0.29, 0.717) is 24.7 Å². The highest BCUT2D eigenvalue weighted by Gasteiger charge is 2.09. The van der Waals surface area contributed by atoms with Crippen LogP contribution in [0.2, 0.25) is 0 Å². The molecule has 0 aliphatic carbocycles. The van der Waals surface area contributed by atoms with E-state index in [4.69, 9.17) is 21.2 Å². The van der Waals surface area contributed by atoms with Gasteiger partial charge in [-0.25, -0.2) is 10.2 Å². The Balaban J connectivity index is 2.39. The molecule has 20 heavy (non-hydrogen) atoms. The second kappa shape index (κ2) is 6.85. The smallest absolute Gasteiger partial charge is 0.149 e. The standard InChI is InChI=1S/C14H16FN3O2/c15-11-3-1-10(2-4-11)13-9-12(20-18-17)5-6-14(13)19-8-7-16/h1-6,9,18H,7-8,16-17H2. The van der Waals surface area contributed by atoms with Crippen molar-refractivity contribution >= 4 is 0 Å². The zero-order chi connectivity index (χ0) is 14.4. The molecule has 0 spiro atoms. The molecule has 0 saturated heterocycles. The zero-order valence-electron chi connectivity index (χ0n) is 10.8. The maximum Gasteiger partial charge on any atom is 0.149 e. The molecule has 2 aromatic rings. The third kappa shape index (κ3) is 3.45. The lowest BCUT2D eigenvalue weighted by Gasteiger charge is -2.13. The van der Waals surface area contributed by atoms with E-state index in [1.165, 1.54) is 12.1 Å². The van der Waals surface area contributed by atoms with Crippen molar-refractivity contribution in [1.29, 1.82) is 0 Å². The number of nitrogens with one attached hydrogen (secondary N) is 1. The Kier molecular flexibility index (Phi) is 4.89. The van der Waals surface area contributed by atoms with Crippen molar-refractivity contribution in [2.45, 2.75) is 0 Å². The van der Waals surface area contributed by atoms with Crippen LogP contribution in [-0.2, 0) is 0 Å². The van der Waals surface area contributed by atoms with Crippen molar-refractivity contribution in [3.05, 3.63) is 48.3 Å². The van der Waals surface area contributed by atoms with Gasteiger partial charge in [-0.3, -0.25) is 0 Å². The first-order chi connectivity index (χ1) is 9.74. The predicted molar refractivity (Wildman–Crippen MR) is 74.3 cm³/mol. The Bertz CT molecular complexity index is 561. The molecule has 106 valence electrons. The molecule has 0 heterocycles. The summed E-state index contributed by atoms with van der Waals surface area (Å²) >= 11 is 0. The topological polar surface area (TPSA) is 82.5 Å². The number of nitrogens with two attached hydrogens (primary N) is 2. The Morgan fingerprint density at radius 2 is 1.85 bits per heavy atom. The molecule has 0 fully saturated rings. The number of rotatable bonds is 6. The molecule has 2 aromatic carbocycles. The summed E-state index contributed by atoms with van der Waals surface area (Å²) in [5.41, 5.74) is 9.13. The van der Waals surface area contributed by atoms with Gasteiger partial charge in [-0.2, -0.15) is 0 Å². The van der Waals surface area contributed by atoms with Crippen molar-refractivity contribution in [3.8, 4) is 22.6 Å². The molecule has 0 radical (unpaired) electrons. The number of hydrazine groups is 1. The fourth-order valence-electron chi connectivity index (χ4n) is 1.79. The van der Waals surface area contributed by atoms with Crippen molar-refractivity contribution in [1.82, 2.24) is 5.59 Å². The van der Waals surface area contributed by atoms with Crippen molar-refractivity contribution < 1.29 is 14.0 Å². The summed E-state index contributed by atoms with van der Waals surface area (Å²) in [7, 11) is 0. The van der Waals surface area contributed by atoms with Gasteiger partial charge in [-0.15, -0.1) is 0 Å². The van der Waals surface area contributed by atoms with Crippen LogP contribution < -0.4 is 26.7 Å². The first-order valence-electron chi connectivity index (χ1n) is 6.10. The van der Waals surface area contributed by atoms with Crippen LogP contribution in [0.4, 0.5) is 4.39 Å². The summed E-state index contributed by atoms with van der Waals surface area (Å²) in [6.45, 7) is 0.801. The summed E-state index contributed by atoms with van der Waals surface area (Å²) < 4.78 is 18.6. The third-order valence-electron chi connectivity index (χ3n) is 2.66. The summed E-state index contributed by atoms with van der Waals surface area (Å²) in [5, 5.41) is 0. The van der Waals surface area contributed by atoms with Crippen LogP contribution in [0.25, 0.3) is 11.1 Å². The lowest BCUT2D eigenvalue weighted by atomic mass is 10.0. The van der Waals surface area contributed by atoms with E-state index in [9.17, 15) is 4.39 Å². The fourth-order valence-corrected chi connectivity index (χ4v) is 1.79. The number of hydrogen-bond donors (Lipinski definition) is 3. The molecular formula is C14H16FN3O2. The highest BCUT2D eigenvalue weighted by atomic mass is 19.1. The van der Waals surface area contributed by atoms with Gasteiger partial charge in [0.15, 0.2) is 0 Å². The van der Waals surface area contributed by atoms with E-state index in [-0.39, 0.29) is 5.82 Å². The Morgan fingerprint density at radius 3 is 2.50 bits per heavy atom. The number of hydrogen-bond acceptors (Lipinski definition) is 5. The van der Waals surface area contributed by atoms with Crippen LogP contribution in [0.15, 0.2) is 42.5 Å². The van der Waals surface area contributed by atoms with Crippen molar-refractivity contribution in [2.24, 2.45) is 11.6 Å². The molecule has 0 atom stereocenters. The second-order valence-corrected chi connectivity index (χ2v) is 4.02. The van der Waals surface area contributed by atoms with Gasteiger partial charge in [0.2, 0.25) is 0 Å². The summed E-state index contributed by atoms with van der Waals surface area (Å²) in [6, 6.07) is 11.3. The zero-order valence-corrected chi connectivity index (χ0v) is 10.8. The Labute approximate surface area is 116 Å². The molecular weight excluding hydrogens is 261 g/mol. The molecule has 0 amide bonds. The van der Waals surface area contributed by atoms with Crippen molar-refractivity contribution in [2.75, 3.05) is 13.2 Å². The van der Waals surface area contributed by atoms with Crippen LogP contribution in [0.3, 0.4) is 0 Å². The molecule has 0 bridgehead atoms. The van der Waals surface area contributed by atoms with Gasteiger partial charge in [-0.05, 0) is 35.9 Å². The van der Waals surface area contributed by atoms with Gasteiger partial charge in [-0.1, -0.05) is 17.7 Å². The van der Waals surface area contributed by atoms with Gasteiger partial charge in [0.05, 0.1) is 0 Å². The molecule has 5 nitrogen and oxygen atoms in total. The van der Waals surface area contributed by atoms with E-state index < -0.39 is 0 Å². The first kappa shape index (κ1) is 14.3. The highest BCUT2D eigenvalue weighted by Crippen LogP contribution is 2.33. The average molecular weight is 277 g/mol. The Hall–Kier alpha value is -2.15. The molecule has 0 aliphatic heterocycles. The van der Waals surface area contributed by atoms with Crippen LogP contribution in [0, 0.1) is 5.82 Å². The minimum atomic E-state index is -0.297. The van der Waals surface area contributed by atoms with Gasteiger partial charge in [0.25, 0.3) is 0 Å². The second-order valence-electron chi connectivity index (χ2n) is 4.02. The molecule has 0 saturated carbocycles. The lowest BCUT2D eigenvalue weighted by molar-refractivity contribution is 0.199. The molecule has 0 unspecified atom stereocenters. The summed E-state index contributed by atoms with van der Waals surface area (Å²) in [5.74, 6) is 5.99. The van der Waals surface area contributed by atoms with Crippen LogP contribution in [0.5, 0.6) is 11.5 Å². The minimum absolute atomic E-state index is 0.297. The average Bonchev–Trinajstić information content (AvgIpc) is 2.47. The summed E-state index contributed by atoms with van der Waals surface area (Å²) in [6.07, 6.45) is 0. The van der Waals surface area contributed by atoms with E-state index in [1.54, 1.807) is 30.3 Å². The highest BCUT2D eigenvalue weighted by molar-refractivity contribution is 5.72. The number of halogens is 1. The molecule has 0 aliphatic rings. The first-order valence-corrected chi connectivity index (χ1v) is 6.10. The minimum Gasteiger partial charge on any atom is -0.492 e. The number of ether oxygens (including phenoxy) is 1. The van der Waals surface area contributed by atoms with E-state index in [1.807, 2.05) is 0 Å². The quantitative estimate of drug-likeness (QED) is 0.551. The van der Waals surface area contributed by atoms with Crippen LogP contribution in [0.1, 0.15) is 0 Å². The van der Waals surface area contributed by atoms with Gasteiger partial charge in [0, 0.05) is 12.1 Å². The largest absolute Gasteiger partial charge is 0.492 e. The maximum atomic E-state index is 13.0. The molecule has 0 aromatic heterocycles.